The Morgan fingerprint density at radius 2 is 2.00 bits per heavy atom. The SMILES string of the molecule is CC1(C)CCCC1(O)C=O. The molecule has 0 radical (unpaired) electrons. The number of hydrogen-bond acceptors (Lipinski definition) is 2. The molecule has 0 saturated heterocycles. The Morgan fingerprint density at radius 3 is 2.20 bits per heavy atom. The molecule has 58 valence electrons. The fraction of sp³-hybridized carbons (Fsp3) is 0.875. The van der Waals surface area contributed by atoms with Gasteiger partial charge in [-0.2, -0.15) is 0 Å². The third kappa shape index (κ3) is 0.870. The van der Waals surface area contributed by atoms with E-state index in [4.69, 9.17) is 0 Å². The molecule has 2 nitrogen and oxygen atoms in total. The van der Waals surface area contributed by atoms with Crippen molar-refractivity contribution in [3.63, 3.8) is 0 Å². The molecule has 10 heavy (non-hydrogen) atoms. The zero-order valence-corrected chi connectivity index (χ0v) is 6.55. The molecule has 0 aromatic carbocycles. The molecule has 1 rings (SSSR count). The van der Waals surface area contributed by atoms with Crippen molar-refractivity contribution < 1.29 is 9.90 Å². The van der Waals surface area contributed by atoms with Gasteiger partial charge in [0.2, 0.25) is 0 Å². The molecular weight excluding hydrogens is 128 g/mol. The van der Waals surface area contributed by atoms with Gasteiger partial charge in [-0.05, 0) is 19.3 Å². The van der Waals surface area contributed by atoms with Gasteiger partial charge in [0.15, 0.2) is 6.29 Å². The molecule has 0 heterocycles. The van der Waals surface area contributed by atoms with E-state index in [2.05, 4.69) is 0 Å². The summed E-state index contributed by atoms with van der Waals surface area (Å²) in [4.78, 5) is 10.5. The lowest BCUT2D eigenvalue weighted by Crippen LogP contribution is -2.41. The number of aliphatic hydroxyl groups is 1. The van der Waals surface area contributed by atoms with Crippen molar-refractivity contribution in [3.05, 3.63) is 0 Å². The summed E-state index contributed by atoms with van der Waals surface area (Å²) in [5, 5.41) is 9.66. The maximum Gasteiger partial charge on any atom is 0.152 e. The lowest BCUT2D eigenvalue weighted by Gasteiger charge is -2.31. The normalized spacial score (nSPS) is 37.9. The summed E-state index contributed by atoms with van der Waals surface area (Å²) in [5.41, 5.74) is -1.26. The molecule has 0 amide bonds. The van der Waals surface area contributed by atoms with Crippen LogP contribution in [0.3, 0.4) is 0 Å². The van der Waals surface area contributed by atoms with Gasteiger partial charge in [0, 0.05) is 5.41 Å². The van der Waals surface area contributed by atoms with Gasteiger partial charge in [0.05, 0.1) is 0 Å². The van der Waals surface area contributed by atoms with E-state index >= 15 is 0 Å². The topological polar surface area (TPSA) is 37.3 Å². The zero-order chi connectivity index (χ0) is 7.83. The number of carbonyl (C=O) groups excluding carboxylic acids is 1. The summed E-state index contributed by atoms with van der Waals surface area (Å²) in [6.45, 7) is 3.88. The molecule has 0 aromatic heterocycles. The minimum absolute atomic E-state index is 0.214. The van der Waals surface area contributed by atoms with Gasteiger partial charge in [0.25, 0.3) is 0 Å². The van der Waals surface area contributed by atoms with Gasteiger partial charge in [-0.1, -0.05) is 13.8 Å². The van der Waals surface area contributed by atoms with Gasteiger partial charge in [-0.15, -0.1) is 0 Å². The molecule has 1 atom stereocenters. The molecule has 1 N–H and O–H groups in total. The largest absolute Gasteiger partial charge is 0.382 e. The van der Waals surface area contributed by atoms with Crippen molar-refractivity contribution in [3.8, 4) is 0 Å². The monoisotopic (exact) mass is 142 g/mol. The molecule has 0 bridgehead atoms. The van der Waals surface area contributed by atoms with Crippen LogP contribution in [0.4, 0.5) is 0 Å². The fourth-order valence-corrected chi connectivity index (χ4v) is 1.57. The van der Waals surface area contributed by atoms with Gasteiger partial charge in [0.1, 0.15) is 5.60 Å². The third-order valence-corrected chi connectivity index (χ3v) is 2.73. The van der Waals surface area contributed by atoms with Gasteiger partial charge in [-0.25, -0.2) is 0 Å². The Morgan fingerprint density at radius 1 is 1.40 bits per heavy atom. The van der Waals surface area contributed by atoms with Crippen LogP contribution < -0.4 is 0 Å². The van der Waals surface area contributed by atoms with Crippen molar-refractivity contribution >= 4 is 6.29 Å². The highest BCUT2D eigenvalue weighted by Gasteiger charge is 2.47. The molecule has 1 aliphatic rings. The van der Waals surface area contributed by atoms with E-state index in [1.807, 2.05) is 13.8 Å². The first kappa shape index (κ1) is 7.73. The van der Waals surface area contributed by atoms with E-state index in [9.17, 15) is 9.90 Å². The predicted octanol–water partition coefficient (Wildman–Crippen LogP) is 1.13. The van der Waals surface area contributed by atoms with Crippen molar-refractivity contribution in [2.24, 2.45) is 5.41 Å². The quantitative estimate of drug-likeness (QED) is 0.557. The lowest BCUT2D eigenvalue weighted by molar-refractivity contribution is -0.132. The smallest absolute Gasteiger partial charge is 0.152 e. The van der Waals surface area contributed by atoms with E-state index in [1.165, 1.54) is 0 Å². The lowest BCUT2D eigenvalue weighted by atomic mass is 9.79. The van der Waals surface area contributed by atoms with Gasteiger partial charge in [-0.3, -0.25) is 0 Å². The Balaban J connectivity index is 2.85. The Labute approximate surface area is 61.2 Å². The average molecular weight is 142 g/mol. The maximum atomic E-state index is 10.5. The summed E-state index contributed by atoms with van der Waals surface area (Å²) in [6.07, 6.45) is 3.23. The van der Waals surface area contributed by atoms with Crippen LogP contribution in [0.5, 0.6) is 0 Å². The first-order valence-corrected chi connectivity index (χ1v) is 3.71. The molecule has 1 fully saturated rings. The summed E-state index contributed by atoms with van der Waals surface area (Å²) in [6, 6.07) is 0. The second-order valence-corrected chi connectivity index (χ2v) is 3.78. The van der Waals surface area contributed by atoms with Crippen LogP contribution in [0.1, 0.15) is 33.1 Å². The van der Waals surface area contributed by atoms with E-state index < -0.39 is 5.60 Å². The first-order chi connectivity index (χ1) is 4.52. The van der Waals surface area contributed by atoms with E-state index in [1.54, 1.807) is 0 Å². The Hall–Kier alpha value is -0.370. The maximum absolute atomic E-state index is 10.5. The summed E-state index contributed by atoms with van der Waals surface area (Å²) < 4.78 is 0. The highest BCUT2D eigenvalue weighted by Crippen LogP contribution is 2.44. The fourth-order valence-electron chi connectivity index (χ4n) is 1.57. The van der Waals surface area contributed by atoms with Crippen LogP contribution in [-0.4, -0.2) is 17.0 Å². The van der Waals surface area contributed by atoms with Crippen LogP contribution in [-0.2, 0) is 4.79 Å². The highest BCUT2D eigenvalue weighted by molar-refractivity contribution is 5.64. The Bertz CT molecular complexity index is 151. The van der Waals surface area contributed by atoms with E-state index in [-0.39, 0.29) is 5.41 Å². The summed E-state index contributed by atoms with van der Waals surface area (Å²) >= 11 is 0. The standard InChI is InChI=1S/C8H14O2/c1-7(2)4-3-5-8(7,10)6-9/h6,10H,3-5H2,1-2H3. The first-order valence-electron chi connectivity index (χ1n) is 3.71. The molecular formula is C8H14O2. The number of hydrogen-bond donors (Lipinski definition) is 1. The molecule has 0 aliphatic heterocycles. The van der Waals surface area contributed by atoms with Crippen molar-refractivity contribution in [2.75, 3.05) is 0 Å². The third-order valence-electron chi connectivity index (χ3n) is 2.73. The van der Waals surface area contributed by atoms with Crippen LogP contribution in [0.25, 0.3) is 0 Å². The van der Waals surface area contributed by atoms with Crippen molar-refractivity contribution in [2.45, 2.75) is 38.7 Å². The minimum Gasteiger partial charge on any atom is -0.382 e. The number of rotatable bonds is 1. The van der Waals surface area contributed by atoms with Crippen LogP contribution >= 0.6 is 0 Å². The minimum atomic E-state index is -1.05. The molecule has 1 unspecified atom stereocenters. The zero-order valence-electron chi connectivity index (χ0n) is 6.55. The van der Waals surface area contributed by atoms with Crippen molar-refractivity contribution in [1.82, 2.24) is 0 Å². The number of carbonyl (C=O) groups is 1. The molecule has 0 spiro atoms. The molecule has 0 aromatic rings. The van der Waals surface area contributed by atoms with Gasteiger partial charge < -0.3 is 9.90 Å². The summed E-state index contributed by atoms with van der Waals surface area (Å²) in [7, 11) is 0. The van der Waals surface area contributed by atoms with Crippen LogP contribution in [0.2, 0.25) is 0 Å². The van der Waals surface area contributed by atoms with Crippen LogP contribution in [0.15, 0.2) is 0 Å². The second kappa shape index (κ2) is 2.06. The van der Waals surface area contributed by atoms with E-state index in [0.29, 0.717) is 12.7 Å². The molecule has 2 heteroatoms. The predicted molar refractivity (Wildman–Crippen MR) is 38.6 cm³/mol. The molecule has 1 saturated carbocycles. The Kier molecular flexibility index (Phi) is 1.59. The van der Waals surface area contributed by atoms with Crippen LogP contribution in [0, 0.1) is 5.41 Å². The van der Waals surface area contributed by atoms with E-state index in [0.717, 1.165) is 12.8 Å². The number of aldehydes is 1. The average Bonchev–Trinajstić information content (AvgIpc) is 2.10. The van der Waals surface area contributed by atoms with Gasteiger partial charge >= 0.3 is 0 Å². The second-order valence-electron chi connectivity index (χ2n) is 3.78. The van der Waals surface area contributed by atoms with Crippen molar-refractivity contribution in [1.29, 1.82) is 0 Å². The summed E-state index contributed by atoms with van der Waals surface area (Å²) in [5.74, 6) is 0. The highest BCUT2D eigenvalue weighted by atomic mass is 16.3. The molecule has 1 aliphatic carbocycles.